The minimum absolute atomic E-state index is 0.570. The molecule has 0 amide bonds. The van der Waals surface area contributed by atoms with Crippen molar-refractivity contribution in [1.82, 2.24) is 0 Å². The Balaban J connectivity index is 1.66. The zero-order chi connectivity index (χ0) is 8.39. The summed E-state index contributed by atoms with van der Waals surface area (Å²) in [6.45, 7) is 0. The van der Waals surface area contributed by atoms with E-state index in [0.717, 1.165) is 10.5 Å². The molecule has 2 fully saturated rings. The third-order valence-corrected chi connectivity index (χ3v) is 4.58. The van der Waals surface area contributed by atoms with E-state index >= 15 is 0 Å². The fraction of sp³-hybridized carbons (Fsp3) is 1.00. The molecule has 0 spiro atoms. The van der Waals surface area contributed by atoms with E-state index < -0.39 is 0 Å². The van der Waals surface area contributed by atoms with E-state index in [9.17, 15) is 0 Å². The zero-order valence-corrected chi connectivity index (χ0v) is 8.61. The molecule has 0 saturated heterocycles. The average Bonchev–Trinajstić information content (AvgIpc) is 2.90. The molecular weight excluding hydrogens is 168 g/mol. The van der Waals surface area contributed by atoms with E-state index in [2.05, 4.69) is 11.8 Å². The molecule has 0 N–H and O–H groups in total. The number of hydrogen-bond donors (Lipinski definition) is 0. The third-order valence-electron chi connectivity index (χ3n) is 2.86. The number of rotatable bonds is 3. The highest BCUT2D eigenvalue weighted by Crippen LogP contribution is 2.41. The van der Waals surface area contributed by atoms with Gasteiger partial charge in [0.25, 0.3) is 0 Å². The van der Waals surface area contributed by atoms with E-state index in [0.29, 0.717) is 6.10 Å². The molecule has 1 nitrogen and oxygen atoms in total. The van der Waals surface area contributed by atoms with Crippen LogP contribution in [0, 0.1) is 0 Å². The van der Waals surface area contributed by atoms with Crippen molar-refractivity contribution >= 4 is 11.8 Å². The van der Waals surface area contributed by atoms with Crippen LogP contribution in [0.3, 0.4) is 0 Å². The molecule has 0 bridgehead atoms. The number of hydrogen-bond acceptors (Lipinski definition) is 2. The predicted molar refractivity (Wildman–Crippen MR) is 53.7 cm³/mol. The Morgan fingerprint density at radius 3 is 1.83 bits per heavy atom. The first-order chi connectivity index (χ1) is 5.88. The lowest BCUT2D eigenvalue weighted by Crippen LogP contribution is -2.21. The zero-order valence-electron chi connectivity index (χ0n) is 7.79. The van der Waals surface area contributed by atoms with Gasteiger partial charge in [-0.05, 0) is 38.5 Å². The van der Waals surface area contributed by atoms with Crippen molar-refractivity contribution in [2.75, 3.05) is 7.11 Å². The van der Waals surface area contributed by atoms with Gasteiger partial charge in [-0.3, -0.25) is 0 Å². The van der Waals surface area contributed by atoms with Crippen molar-refractivity contribution in [2.24, 2.45) is 0 Å². The van der Waals surface area contributed by atoms with Crippen LogP contribution in [0.25, 0.3) is 0 Å². The fourth-order valence-electron chi connectivity index (χ4n) is 1.88. The van der Waals surface area contributed by atoms with Crippen LogP contribution in [0.4, 0.5) is 0 Å². The van der Waals surface area contributed by atoms with Crippen LogP contribution >= 0.6 is 11.8 Å². The van der Waals surface area contributed by atoms with Gasteiger partial charge < -0.3 is 4.74 Å². The van der Waals surface area contributed by atoms with Gasteiger partial charge in [-0.25, -0.2) is 0 Å². The maximum Gasteiger partial charge on any atom is 0.0572 e. The Bertz CT molecular complexity index is 137. The smallest absolute Gasteiger partial charge is 0.0572 e. The molecule has 0 atom stereocenters. The molecule has 2 rings (SSSR count). The molecule has 0 aromatic carbocycles. The van der Waals surface area contributed by atoms with Gasteiger partial charge in [0, 0.05) is 17.6 Å². The Labute approximate surface area is 79.2 Å². The largest absolute Gasteiger partial charge is 0.381 e. The van der Waals surface area contributed by atoms with E-state index in [1.807, 2.05) is 7.11 Å². The van der Waals surface area contributed by atoms with Crippen molar-refractivity contribution in [2.45, 2.75) is 55.1 Å². The lowest BCUT2D eigenvalue weighted by Gasteiger charge is -2.27. The summed E-state index contributed by atoms with van der Waals surface area (Å²) < 4.78 is 5.35. The maximum absolute atomic E-state index is 5.35. The minimum atomic E-state index is 0.570. The number of ether oxygens (including phenoxy) is 1. The first kappa shape index (κ1) is 8.89. The summed E-state index contributed by atoms with van der Waals surface area (Å²) in [4.78, 5) is 0. The Morgan fingerprint density at radius 1 is 0.917 bits per heavy atom. The molecule has 0 aliphatic heterocycles. The Morgan fingerprint density at radius 2 is 1.42 bits per heavy atom. The highest BCUT2D eigenvalue weighted by Gasteiger charge is 2.28. The van der Waals surface area contributed by atoms with Gasteiger partial charge >= 0.3 is 0 Å². The van der Waals surface area contributed by atoms with Crippen molar-refractivity contribution in [3.05, 3.63) is 0 Å². The normalized spacial score (nSPS) is 36.8. The molecule has 0 aromatic rings. The molecule has 2 aliphatic rings. The van der Waals surface area contributed by atoms with Crippen LogP contribution in [0.1, 0.15) is 38.5 Å². The molecule has 0 radical (unpaired) electrons. The van der Waals surface area contributed by atoms with Crippen molar-refractivity contribution < 1.29 is 4.74 Å². The highest BCUT2D eigenvalue weighted by atomic mass is 32.2. The third kappa shape index (κ3) is 2.40. The second kappa shape index (κ2) is 4.01. The Kier molecular flexibility index (Phi) is 2.97. The van der Waals surface area contributed by atoms with Crippen LogP contribution in [-0.2, 0) is 4.74 Å². The SMILES string of the molecule is COC1CCC(SC2CC2)CC1. The van der Waals surface area contributed by atoms with Gasteiger partial charge in [-0.15, -0.1) is 0 Å². The summed E-state index contributed by atoms with van der Waals surface area (Å²) in [5.74, 6) is 0. The van der Waals surface area contributed by atoms with Gasteiger partial charge in [0.2, 0.25) is 0 Å². The molecule has 0 heterocycles. The summed E-state index contributed by atoms with van der Waals surface area (Å²) in [5, 5.41) is 2.00. The quantitative estimate of drug-likeness (QED) is 0.670. The molecular formula is C10H18OS. The summed E-state index contributed by atoms with van der Waals surface area (Å²) in [6.07, 6.45) is 8.89. The van der Waals surface area contributed by atoms with E-state index in [-0.39, 0.29) is 0 Å². The standard InChI is InChI=1S/C10H18OS/c1-11-8-2-4-9(5-3-8)12-10-6-7-10/h8-10H,2-7H2,1H3. The summed E-state index contributed by atoms with van der Waals surface area (Å²) in [7, 11) is 1.85. The maximum atomic E-state index is 5.35. The van der Waals surface area contributed by atoms with Crippen LogP contribution in [0.5, 0.6) is 0 Å². The van der Waals surface area contributed by atoms with Gasteiger partial charge in [-0.1, -0.05) is 0 Å². The molecule has 12 heavy (non-hydrogen) atoms. The van der Waals surface area contributed by atoms with E-state index in [1.165, 1.54) is 38.5 Å². The first-order valence-corrected chi connectivity index (χ1v) is 6.01. The molecule has 2 aliphatic carbocycles. The van der Waals surface area contributed by atoms with Crippen LogP contribution in [0.2, 0.25) is 0 Å². The molecule has 2 saturated carbocycles. The number of thioether (sulfide) groups is 1. The summed E-state index contributed by atoms with van der Waals surface area (Å²) >= 11 is 2.24. The fourth-order valence-corrected chi connectivity index (χ4v) is 3.38. The first-order valence-electron chi connectivity index (χ1n) is 5.06. The average molecular weight is 186 g/mol. The van der Waals surface area contributed by atoms with E-state index in [4.69, 9.17) is 4.74 Å². The number of methoxy groups -OCH3 is 1. The minimum Gasteiger partial charge on any atom is -0.381 e. The second-order valence-electron chi connectivity index (χ2n) is 3.97. The summed E-state index contributed by atoms with van der Waals surface area (Å²) in [6, 6.07) is 0. The Hall–Kier alpha value is 0.310. The predicted octanol–water partition coefficient (Wildman–Crippen LogP) is 2.84. The summed E-state index contributed by atoms with van der Waals surface area (Å²) in [5.41, 5.74) is 0. The van der Waals surface area contributed by atoms with Crippen LogP contribution in [-0.4, -0.2) is 23.7 Å². The lowest BCUT2D eigenvalue weighted by molar-refractivity contribution is 0.0723. The topological polar surface area (TPSA) is 9.23 Å². The van der Waals surface area contributed by atoms with Crippen molar-refractivity contribution in [1.29, 1.82) is 0 Å². The van der Waals surface area contributed by atoms with Crippen molar-refractivity contribution in [3.8, 4) is 0 Å². The van der Waals surface area contributed by atoms with Gasteiger partial charge in [0.15, 0.2) is 0 Å². The second-order valence-corrected chi connectivity index (χ2v) is 5.58. The monoisotopic (exact) mass is 186 g/mol. The van der Waals surface area contributed by atoms with Gasteiger partial charge in [0.05, 0.1) is 6.10 Å². The molecule has 70 valence electrons. The van der Waals surface area contributed by atoms with Gasteiger partial charge in [0.1, 0.15) is 0 Å². The van der Waals surface area contributed by atoms with E-state index in [1.54, 1.807) is 0 Å². The molecule has 0 aromatic heterocycles. The van der Waals surface area contributed by atoms with Crippen molar-refractivity contribution in [3.63, 3.8) is 0 Å². The highest BCUT2D eigenvalue weighted by molar-refractivity contribution is 8.00. The van der Waals surface area contributed by atoms with Crippen LogP contribution in [0.15, 0.2) is 0 Å². The van der Waals surface area contributed by atoms with Crippen LogP contribution < -0.4 is 0 Å². The lowest BCUT2D eigenvalue weighted by atomic mass is 9.97. The molecule has 0 unspecified atom stereocenters. The van der Waals surface area contributed by atoms with Gasteiger partial charge in [-0.2, -0.15) is 11.8 Å². The molecule has 2 heteroatoms.